The number of anilines is 1. The number of aryl methyl sites for hydroxylation is 1. The molecule has 2 heterocycles. The van der Waals surface area contributed by atoms with E-state index < -0.39 is 12.1 Å². The highest BCUT2D eigenvalue weighted by atomic mass is 79.9. The van der Waals surface area contributed by atoms with Crippen molar-refractivity contribution in [2.24, 2.45) is 11.8 Å². The fourth-order valence-corrected chi connectivity index (χ4v) is 7.99. The minimum absolute atomic E-state index is 0.125. The predicted octanol–water partition coefficient (Wildman–Crippen LogP) is 8.64. The summed E-state index contributed by atoms with van der Waals surface area (Å²) in [6.07, 6.45) is 0.141. The molecule has 0 N–H and O–H groups in total. The SMILES string of the molecule is Cc1ccc2nc(-c3ccc(N4C(=O)C5CC(Br)C(Br)CC5C4=O)cc3)cc(C(=O)OC(C)C(=O)c3ccc(OCc4ccccc4)cc3)c2c1. The van der Waals surface area contributed by atoms with Gasteiger partial charge in [-0.05, 0) is 86.8 Å². The smallest absolute Gasteiger partial charge is 0.339 e. The first kappa shape index (κ1) is 34.8. The average molecular weight is 811 g/mol. The zero-order valence-corrected chi connectivity index (χ0v) is 31.1. The lowest BCUT2D eigenvalue weighted by atomic mass is 9.81. The van der Waals surface area contributed by atoms with Gasteiger partial charge >= 0.3 is 5.97 Å². The normalized spacial score (nSPS) is 20.6. The number of hydrogen-bond acceptors (Lipinski definition) is 7. The van der Waals surface area contributed by atoms with Gasteiger partial charge in [0.15, 0.2) is 6.10 Å². The fraction of sp³-hybridized carbons (Fsp3) is 0.244. The van der Waals surface area contributed by atoms with Crippen LogP contribution >= 0.6 is 31.9 Å². The van der Waals surface area contributed by atoms with Gasteiger partial charge in [0.1, 0.15) is 12.4 Å². The van der Waals surface area contributed by atoms with E-state index in [-0.39, 0.29) is 44.7 Å². The van der Waals surface area contributed by atoms with Gasteiger partial charge in [-0.25, -0.2) is 9.78 Å². The van der Waals surface area contributed by atoms with E-state index in [1.54, 1.807) is 61.5 Å². The third-order valence-corrected chi connectivity index (χ3v) is 12.3. The summed E-state index contributed by atoms with van der Waals surface area (Å²) in [7, 11) is 0. The zero-order valence-electron chi connectivity index (χ0n) is 27.9. The number of imide groups is 1. The third kappa shape index (κ3) is 7.12. The quantitative estimate of drug-likeness (QED) is 0.0636. The van der Waals surface area contributed by atoms with Crippen molar-refractivity contribution < 1.29 is 28.7 Å². The van der Waals surface area contributed by atoms with Crippen LogP contribution in [0.15, 0.2) is 103 Å². The van der Waals surface area contributed by atoms with Gasteiger partial charge in [0, 0.05) is 26.2 Å². The maximum atomic E-state index is 13.7. The summed E-state index contributed by atoms with van der Waals surface area (Å²) in [4.78, 5) is 60.1. The van der Waals surface area contributed by atoms with Crippen molar-refractivity contribution in [3.05, 3.63) is 125 Å². The first-order chi connectivity index (χ1) is 24.6. The van der Waals surface area contributed by atoms with Crippen LogP contribution in [-0.2, 0) is 20.9 Å². The molecule has 10 heteroatoms. The van der Waals surface area contributed by atoms with Crippen molar-refractivity contribution in [3.8, 4) is 17.0 Å². The molecule has 1 saturated carbocycles. The van der Waals surface area contributed by atoms with E-state index in [1.165, 1.54) is 4.90 Å². The largest absolute Gasteiger partial charge is 0.489 e. The Kier molecular flexibility index (Phi) is 9.90. The summed E-state index contributed by atoms with van der Waals surface area (Å²) in [5.74, 6) is -1.42. The molecule has 258 valence electrons. The fourth-order valence-electron chi connectivity index (χ4n) is 6.76. The number of carbonyl (C=O) groups is 4. The Morgan fingerprint density at radius 3 is 2.14 bits per heavy atom. The molecule has 8 nitrogen and oxygen atoms in total. The van der Waals surface area contributed by atoms with E-state index in [4.69, 9.17) is 14.5 Å². The van der Waals surface area contributed by atoms with E-state index in [0.29, 0.717) is 58.6 Å². The first-order valence-electron chi connectivity index (χ1n) is 16.8. The maximum Gasteiger partial charge on any atom is 0.339 e. The second-order valence-corrected chi connectivity index (χ2v) is 15.4. The highest BCUT2D eigenvalue weighted by Crippen LogP contribution is 2.44. The molecule has 2 amide bonds. The lowest BCUT2D eigenvalue weighted by Crippen LogP contribution is -2.34. The summed E-state index contributed by atoms with van der Waals surface area (Å²) < 4.78 is 11.6. The van der Waals surface area contributed by atoms with Crippen LogP contribution in [0.25, 0.3) is 22.2 Å². The van der Waals surface area contributed by atoms with Crippen molar-refractivity contribution in [3.63, 3.8) is 0 Å². The second-order valence-electron chi connectivity index (χ2n) is 13.1. The zero-order chi connectivity index (χ0) is 35.8. The number of rotatable bonds is 9. The van der Waals surface area contributed by atoms with Crippen molar-refractivity contribution in [1.29, 1.82) is 0 Å². The molecule has 1 aliphatic carbocycles. The van der Waals surface area contributed by atoms with Crippen LogP contribution in [0.3, 0.4) is 0 Å². The standard InChI is InChI=1S/C41H34Br2N2O6/c1-23-8-17-36-30(18-23)33(41(49)51-24(2)38(46)27-11-15-29(16-12-27)50-22-25-6-4-3-5-7-25)21-37(44-36)26-9-13-28(14-10-26)45-39(47)31-19-34(42)35(43)20-32(31)40(45)48/h3-18,21,24,31-32,34-35H,19-20,22H2,1-2H3. The van der Waals surface area contributed by atoms with E-state index in [1.807, 2.05) is 55.5 Å². The molecule has 0 spiro atoms. The van der Waals surface area contributed by atoms with Gasteiger partial charge in [0.05, 0.1) is 34.3 Å². The molecule has 5 atom stereocenters. The molecule has 5 aromatic rings. The van der Waals surface area contributed by atoms with Gasteiger partial charge in [-0.2, -0.15) is 0 Å². The Labute approximate surface area is 312 Å². The van der Waals surface area contributed by atoms with Gasteiger partial charge < -0.3 is 9.47 Å². The molecular formula is C41H34Br2N2O6. The summed E-state index contributed by atoms with van der Waals surface area (Å²) in [5, 5.41) is 0.603. The van der Waals surface area contributed by atoms with Gasteiger partial charge in [-0.15, -0.1) is 0 Å². The number of fused-ring (bicyclic) bond motifs is 2. The molecule has 7 rings (SSSR count). The van der Waals surface area contributed by atoms with Crippen LogP contribution in [0.2, 0.25) is 0 Å². The molecule has 1 aromatic heterocycles. The Bertz CT molecular complexity index is 2110. The molecule has 0 bridgehead atoms. The molecule has 5 unspecified atom stereocenters. The lowest BCUT2D eigenvalue weighted by molar-refractivity contribution is -0.122. The van der Waals surface area contributed by atoms with Crippen molar-refractivity contribution in [2.45, 2.75) is 49.1 Å². The molecule has 51 heavy (non-hydrogen) atoms. The number of nitrogens with zero attached hydrogens (tertiary/aromatic N) is 2. The molecule has 1 aliphatic heterocycles. The maximum absolute atomic E-state index is 13.7. The van der Waals surface area contributed by atoms with Gasteiger partial charge in [-0.1, -0.05) is 86.0 Å². The number of alkyl halides is 2. The number of pyridine rings is 1. The average Bonchev–Trinajstić information content (AvgIpc) is 3.38. The Morgan fingerprint density at radius 2 is 1.49 bits per heavy atom. The molecule has 2 fully saturated rings. The summed E-state index contributed by atoms with van der Waals surface area (Å²) in [5.41, 5.74) is 4.92. The van der Waals surface area contributed by atoms with Gasteiger partial charge in [-0.3, -0.25) is 19.3 Å². The monoisotopic (exact) mass is 808 g/mol. The van der Waals surface area contributed by atoms with Crippen molar-refractivity contribution in [1.82, 2.24) is 4.98 Å². The van der Waals surface area contributed by atoms with Gasteiger partial charge in [0.25, 0.3) is 0 Å². The van der Waals surface area contributed by atoms with Crippen LogP contribution in [0.1, 0.15) is 51.6 Å². The summed E-state index contributed by atoms with van der Waals surface area (Å²) >= 11 is 7.28. The molecular weight excluding hydrogens is 776 g/mol. The van der Waals surface area contributed by atoms with Crippen LogP contribution < -0.4 is 9.64 Å². The number of carbonyl (C=O) groups excluding carboxylic acids is 4. The first-order valence-corrected chi connectivity index (χ1v) is 18.6. The second kappa shape index (κ2) is 14.5. The summed E-state index contributed by atoms with van der Waals surface area (Å²) in [6, 6.07) is 30.9. The van der Waals surface area contributed by atoms with E-state index in [2.05, 4.69) is 31.9 Å². The number of ketones is 1. The number of hydrogen-bond donors (Lipinski definition) is 0. The van der Waals surface area contributed by atoms with E-state index >= 15 is 0 Å². The van der Waals surface area contributed by atoms with E-state index in [9.17, 15) is 19.2 Å². The Balaban J connectivity index is 1.09. The number of Topliss-reactive ketones (excluding diaryl/α,β-unsaturated/α-hetero) is 1. The minimum atomic E-state index is -1.05. The van der Waals surface area contributed by atoms with Crippen molar-refractivity contribution >= 4 is 72.0 Å². The Morgan fingerprint density at radius 1 is 0.843 bits per heavy atom. The minimum Gasteiger partial charge on any atom is -0.489 e. The summed E-state index contributed by atoms with van der Waals surface area (Å²) in [6.45, 7) is 3.89. The number of esters is 1. The topological polar surface area (TPSA) is 103 Å². The molecule has 0 radical (unpaired) electrons. The van der Waals surface area contributed by atoms with Crippen LogP contribution in [-0.4, -0.2) is 44.3 Å². The highest BCUT2D eigenvalue weighted by Gasteiger charge is 2.52. The number of amides is 2. The predicted molar refractivity (Wildman–Crippen MR) is 202 cm³/mol. The molecule has 2 aliphatic rings. The molecule has 4 aromatic carbocycles. The Hall–Kier alpha value is -4.67. The number of aromatic nitrogens is 1. The number of halogens is 2. The lowest BCUT2D eigenvalue weighted by Gasteiger charge is -2.29. The van der Waals surface area contributed by atoms with Crippen LogP contribution in [0.4, 0.5) is 5.69 Å². The highest BCUT2D eigenvalue weighted by molar-refractivity contribution is 9.12. The van der Waals surface area contributed by atoms with Crippen LogP contribution in [0, 0.1) is 18.8 Å². The van der Waals surface area contributed by atoms with Crippen LogP contribution in [0.5, 0.6) is 5.75 Å². The van der Waals surface area contributed by atoms with E-state index in [0.717, 1.165) is 11.1 Å². The van der Waals surface area contributed by atoms with Crippen molar-refractivity contribution in [2.75, 3.05) is 4.90 Å². The number of benzene rings is 4. The van der Waals surface area contributed by atoms with Gasteiger partial charge in [0.2, 0.25) is 17.6 Å². The number of ether oxygens (including phenoxy) is 2. The third-order valence-electron chi connectivity index (χ3n) is 9.56. The molecule has 1 saturated heterocycles.